The summed E-state index contributed by atoms with van der Waals surface area (Å²) < 4.78 is 31.3. The highest BCUT2D eigenvalue weighted by Gasteiger charge is 2.29. The van der Waals surface area contributed by atoms with Gasteiger partial charge in [-0.25, -0.2) is 9.59 Å². The average molecular weight is 499 g/mol. The molecule has 0 spiro atoms. The molecule has 0 aliphatic rings. The molecule has 11 heteroatoms. The predicted octanol–water partition coefficient (Wildman–Crippen LogP) is 1.43. The molecule has 0 saturated carbocycles. The molecule has 1 aromatic rings. The van der Waals surface area contributed by atoms with Gasteiger partial charge in [-0.05, 0) is 26.3 Å². The smallest absolute Gasteiger partial charge is 0.408 e. The SMILES string of the molecule is COC[C@H](NC(=O)OC(C)(C)C)C(=O)N[C@@H](COCCOCCOCc1ccccc1)C(=O)OC. The van der Waals surface area contributed by atoms with Crippen molar-refractivity contribution in [1.82, 2.24) is 10.6 Å². The van der Waals surface area contributed by atoms with E-state index < -0.39 is 35.7 Å². The molecule has 1 rings (SSSR count). The summed E-state index contributed by atoms with van der Waals surface area (Å²) in [6.07, 6.45) is -0.787. The van der Waals surface area contributed by atoms with Crippen LogP contribution in [0.3, 0.4) is 0 Å². The summed E-state index contributed by atoms with van der Waals surface area (Å²) in [4.78, 5) is 36.8. The maximum atomic E-state index is 12.6. The minimum Gasteiger partial charge on any atom is -0.467 e. The first kappa shape index (κ1) is 30.3. The molecule has 0 aromatic heterocycles. The molecule has 2 atom stereocenters. The number of rotatable bonds is 16. The van der Waals surface area contributed by atoms with Crippen LogP contribution in [0.1, 0.15) is 26.3 Å². The number of nitrogens with one attached hydrogen (secondary N) is 2. The Morgan fingerprint density at radius 1 is 0.829 bits per heavy atom. The number of carbonyl (C=O) groups is 3. The van der Waals surface area contributed by atoms with E-state index in [4.69, 9.17) is 28.4 Å². The lowest BCUT2D eigenvalue weighted by molar-refractivity contribution is -0.147. The fraction of sp³-hybridized carbons (Fsp3) is 0.625. The van der Waals surface area contributed by atoms with Crippen LogP contribution in [0, 0.1) is 0 Å². The molecule has 2 N–H and O–H groups in total. The van der Waals surface area contributed by atoms with Crippen LogP contribution in [0.4, 0.5) is 4.79 Å². The first-order chi connectivity index (χ1) is 16.7. The Balaban J connectivity index is 2.36. The van der Waals surface area contributed by atoms with Gasteiger partial charge in [0.15, 0.2) is 6.04 Å². The number of carbonyl (C=O) groups excluding carboxylic acids is 3. The lowest BCUT2D eigenvalue weighted by Crippen LogP contribution is -2.55. The molecule has 0 aliphatic carbocycles. The van der Waals surface area contributed by atoms with E-state index in [0.717, 1.165) is 5.56 Å². The third-order valence-corrected chi connectivity index (χ3v) is 4.28. The first-order valence-corrected chi connectivity index (χ1v) is 11.3. The van der Waals surface area contributed by atoms with Gasteiger partial charge in [0.1, 0.15) is 11.6 Å². The van der Waals surface area contributed by atoms with Gasteiger partial charge in [0, 0.05) is 7.11 Å². The monoisotopic (exact) mass is 498 g/mol. The number of methoxy groups -OCH3 is 2. The predicted molar refractivity (Wildman–Crippen MR) is 127 cm³/mol. The van der Waals surface area contributed by atoms with Crippen LogP contribution in [0.5, 0.6) is 0 Å². The zero-order valence-electron chi connectivity index (χ0n) is 21.2. The molecule has 1 aromatic carbocycles. The number of alkyl carbamates (subject to hydrolysis) is 1. The molecule has 2 amide bonds. The maximum Gasteiger partial charge on any atom is 0.408 e. The Hall–Kier alpha value is -2.73. The van der Waals surface area contributed by atoms with Crippen LogP contribution < -0.4 is 10.6 Å². The third kappa shape index (κ3) is 14.3. The number of esters is 1. The molecule has 35 heavy (non-hydrogen) atoms. The summed E-state index contributed by atoms with van der Waals surface area (Å²) >= 11 is 0. The minimum absolute atomic E-state index is 0.125. The Kier molecular flexibility index (Phi) is 14.6. The Bertz CT molecular complexity index is 753. The van der Waals surface area contributed by atoms with Crippen molar-refractivity contribution >= 4 is 18.0 Å². The lowest BCUT2D eigenvalue weighted by atomic mass is 10.2. The van der Waals surface area contributed by atoms with Crippen LogP contribution in [-0.2, 0) is 44.6 Å². The van der Waals surface area contributed by atoms with Gasteiger partial charge < -0.3 is 39.1 Å². The average Bonchev–Trinajstić information content (AvgIpc) is 2.80. The minimum atomic E-state index is -1.08. The first-order valence-electron chi connectivity index (χ1n) is 11.3. The van der Waals surface area contributed by atoms with Crippen molar-refractivity contribution in [2.45, 2.75) is 45.1 Å². The molecular formula is C24H38N2O9. The van der Waals surface area contributed by atoms with E-state index in [9.17, 15) is 14.4 Å². The highest BCUT2D eigenvalue weighted by molar-refractivity contribution is 5.89. The molecule has 0 heterocycles. The van der Waals surface area contributed by atoms with Gasteiger partial charge in [-0.2, -0.15) is 0 Å². The Morgan fingerprint density at radius 2 is 1.46 bits per heavy atom. The molecule has 198 valence electrons. The zero-order chi connectivity index (χ0) is 26.1. The fourth-order valence-corrected chi connectivity index (χ4v) is 2.69. The summed E-state index contributed by atoms with van der Waals surface area (Å²) in [7, 11) is 2.58. The second-order valence-corrected chi connectivity index (χ2v) is 8.46. The number of benzene rings is 1. The summed E-state index contributed by atoms with van der Waals surface area (Å²) in [6, 6.07) is 7.65. The quantitative estimate of drug-likeness (QED) is 0.257. The second kappa shape index (κ2) is 16.8. The van der Waals surface area contributed by atoms with Gasteiger partial charge in [0.25, 0.3) is 0 Å². The van der Waals surface area contributed by atoms with Gasteiger partial charge in [-0.15, -0.1) is 0 Å². The molecule has 0 unspecified atom stereocenters. The summed E-state index contributed by atoms with van der Waals surface area (Å²) in [5, 5.41) is 4.93. The summed E-state index contributed by atoms with van der Waals surface area (Å²) in [5.74, 6) is -1.34. The van der Waals surface area contributed by atoms with Crippen LogP contribution in [0.2, 0.25) is 0 Å². The highest BCUT2D eigenvalue weighted by Crippen LogP contribution is 2.07. The highest BCUT2D eigenvalue weighted by atomic mass is 16.6. The van der Waals surface area contributed by atoms with Crippen LogP contribution in [0.15, 0.2) is 30.3 Å². The Labute approximate surface area is 206 Å². The fourth-order valence-electron chi connectivity index (χ4n) is 2.69. The normalized spacial score (nSPS) is 12.9. The lowest BCUT2D eigenvalue weighted by Gasteiger charge is -2.24. The van der Waals surface area contributed by atoms with Crippen LogP contribution in [-0.4, -0.2) is 89.5 Å². The van der Waals surface area contributed by atoms with Crippen molar-refractivity contribution in [1.29, 1.82) is 0 Å². The van der Waals surface area contributed by atoms with E-state index in [2.05, 4.69) is 10.6 Å². The molecule has 0 aliphatic heterocycles. The number of amides is 2. The maximum absolute atomic E-state index is 12.6. The number of hydrogen-bond acceptors (Lipinski definition) is 9. The summed E-state index contributed by atoms with van der Waals surface area (Å²) in [5.41, 5.74) is 0.345. The third-order valence-electron chi connectivity index (χ3n) is 4.28. The zero-order valence-corrected chi connectivity index (χ0v) is 21.2. The van der Waals surface area contributed by atoms with Crippen molar-refractivity contribution in [3.63, 3.8) is 0 Å². The molecule has 0 radical (unpaired) electrons. The van der Waals surface area contributed by atoms with Crippen molar-refractivity contribution in [2.75, 3.05) is 53.9 Å². The second-order valence-electron chi connectivity index (χ2n) is 8.46. The van der Waals surface area contributed by atoms with Gasteiger partial charge in [-0.3, -0.25) is 4.79 Å². The van der Waals surface area contributed by atoms with Crippen LogP contribution >= 0.6 is 0 Å². The van der Waals surface area contributed by atoms with E-state index >= 15 is 0 Å². The van der Waals surface area contributed by atoms with Crippen molar-refractivity contribution in [3.05, 3.63) is 35.9 Å². The number of hydrogen-bond donors (Lipinski definition) is 2. The van der Waals surface area contributed by atoms with Crippen molar-refractivity contribution in [2.24, 2.45) is 0 Å². The van der Waals surface area contributed by atoms with E-state index in [1.807, 2.05) is 30.3 Å². The van der Waals surface area contributed by atoms with Gasteiger partial charge in [0.05, 0.1) is 53.4 Å². The van der Waals surface area contributed by atoms with E-state index in [-0.39, 0.29) is 26.4 Å². The Morgan fingerprint density at radius 3 is 2.06 bits per heavy atom. The largest absolute Gasteiger partial charge is 0.467 e. The van der Waals surface area contributed by atoms with E-state index in [1.54, 1.807) is 20.8 Å². The molecule has 11 nitrogen and oxygen atoms in total. The van der Waals surface area contributed by atoms with Crippen LogP contribution in [0.25, 0.3) is 0 Å². The van der Waals surface area contributed by atoms with E-state index in [0.29, 0.717) is 19.8 Å². The van der Waals surface area contributed by atoms with Crippen molar-refractivity contribution < 1.29 is 42.8 Å². The standard InChI is InChI=1S/C24H38N2O9/c1-24(2,3)35-23(29)26-19(16-30-4)21(27)25-20(22(28)31-5)17-34-14-12-32-11-13-33-15-18-9-7-6-8-10-18/h6-10,19-20H,11-17H2,1-5H3,(H,25,27)(H,26,29)/t19-,20-/m0/s1. The molecule has 0 saturated heterocycles. The molecule has 0 fully saturated rings. The number of ether oxygens (including phenoxy) is 6. The molecular weight excluding hydrogens is 460 g/mol. The van der Waals surface area contributed by atoms with Gasteiger partial charge in [0.2, 0.25) is 5.91 Å². The topological polar surface area (TPSA) is 131 Å². The van der Waals surface area contributed by atoms with E-state index in [1.165, 1.54) is 14.2 Å². The summed E-state index contributed by atoms with van der Waals surface area (Å²) in [6.45, 7) is 6.64. The van der Waals surface area contributed by atoms with Crippen molar-refractivity contribution in [3.8, 4) is 0 Å². The van der Waals surface area contributed by atoms with Gasteiger partial charge in [-0.1, -0.05) is 30.3 Å². The molecule has 0 bridgehead atoms. The van der Waals surface area contributed by atoms with Gasteiger partial charge >= 0.3 is 12.1 Å².